The standard InChI is InChI=1S/C15H14N2O4/c1-17-13(19)9-12(15(17)21)16-14(20)11-7-3-2-5-10(11)6-4-8-18/h2-3,5,7,12,18H,8-9H2,1H3,(H,16,20). The third-order valence-electron chi connectivity index (χ3n) is 3.16. The summed E-state index contributed by atoms with van der Waals surface area (Å²) in [6.07, 6.45) is -0.0362. The third kappa shape index (κ3) is 3.09. The molecular formula is C15H14N2O4. The molecule has 2 N–H and O–H groups in total. The number of aliphatic hydroxyl groups excluding tert-OH is 1. The van der Waals surface area contributed by atoms with Crippen LogP contribution in [-0.2, 0) is 9.59 Å². The highest BCUT2D eigenvalue weighted by atomic mass is 16.2. The molecule has 1 aromatic carbocycles. The number of likely N-dealkylation sites (tertiary alicyclic amines) is 1. The van der Waals surface area contributed by atoms with Gasteiger partial charge in [0.15, 0.2) is 0 Å². The van der Waals surface area contributed by atoms with Gasteiger partial charge in [-0.1, -0.05) is 24.0 Å². The van der Waals surface area contributed by atoms with Crippen molar-refractivity contribution in [3.63, 3.8) is 0 Å². The first kappa shape index (κ1) is 14.8. The van der Waals surface area contributed by atoms with Gasteiger partial charge in [-0.2, -0.15) is 0 Å². The normalized spacial score (nSPS) is 17.4. The van der Waals surface area contributed by atoms with Gasteiger partial charge < -0.3 is 10.4 Å². The van der Waals surface area contributed by atoms with Crippen LogP contribution in [-0.4, -0.2) is 47.4 Å². The minimum Gasteiger partial charge on any atom is -0.384 e. The van der Waals surface area contributed by atoms with Gasteiger partial charge in [-0.05, 0) is 12.1 Å². The highest BCUT2D eigenvalue weighted by Crippen LogP contribution is 2.13. The van der Waals surface area contributed by atoms with Gasteiger partial charge in [0.2, 0.25) is 5.91 Å². The zero-order valence-electron chi connectivity index (χ0n) is 11.4. The number of rotatable bonds is 2. The number of likely N-dealkylation sites (N-methyl/N-ethyl adjacent to an activating group) is 1. The smallest absolute Gasteiger partial charge is 0.253 e. The van der Waals surface area contributed by atoms with E-state index in [1.807, 2.05) is 0 Å². The molecule has 6 nitrogen and oxygen atoms in total. The fourth-order valence-electron chi connectivity index (χ4n) is 2.03. The molecule has 1 aliphatic heterocycles. The summed E-state index contributed by atoms with van der Waals surface area (Å²) in [5.74, 6) is 3.93. The van der Waals surface area contributed by atoms with Gasteiger partial charge in [0, 0.05) is 12.6 Å². The van der Waals surface area contributed by atoms with E-state index in [2.05, 4.69) is 17.2 Å². The zero-order valence-corrected chi connectivity index (χ0v) is 11.4. The topological polar surface area (TPSA) is 86.7 Å². The molecule has 0 saturated carbocycles. The van der Waals surface area contributed by atoms with E-state index in [4.69, 9.17) is 5.11 Å². The van der Waals surface area contributed by atoms with E-state index in [1.54, 1.807) is 24.3 Å². The van der Waals surface area contributed by atoms with Gasteiger partial charge in [0.05, 0.1) is 12.0 Å². The van der Waals surface area contributed by atoms with Crippen molar-refractivity contribution in [3.8, 4) is 11.8 Å². The zero-order chi connectivity index (χ0) is 15.4. The average molecular weight is 286 g/mol. The average Bonchev–Trinajstić information content (AvgIpc) is 2.72. The van der Waals surface area contributed by atoms with E-state index in [-0.39, 0.29) is 18.9 Å². The number of carbonyl (C=O) groups is 3. The van der Waals surface area contributed by atoms with Crippen LogP contribution in [0.1, 0.15) is 22.3 Å². The molecule has 3 amide bonds. The minimum absolute atomic E-state index is 0.0362. The SMILES string of the molecule is CN1C(=O)CC(NC(=O)c2ccccc2C#CCO)C1=O. The van der Waals surface area contributed by atoms with Gasteiger partial charge in [-0.25, -0.2) is 0 Å². The molecule has 0 radical (unpaired) electrons. The van der Waals surface area contributed by atoms with E-state index in [0.717, 1.165) is 4.90 Å². The molecule has 0 aliphatic carbocycles. The van der Waals surface area contributed by atoms with Crippen LogP contribution >= 0.6 is 0 Å². The predicted molar refractivity (Wildman–Crippen MR) is 74.1 cm³/mol. The number of benzene rings is 1. The Kier molecular flexibility index (Phi) is 4.36. The maximum atomic E-state index is 12.2. The van der Waals surface area contributed by atoms with Gasteiger partial charge in [-0.3, -0.25) is 19.3 Å². The highest BCUT2D eigenvalue weighted by molar-refractivity contribution is 6.08. The minimum atomic E-state index is -0.839. The summed E-state index contributed by atoms with van der Waals surface area (Å²) in [5, 5.41) is 11.3. The summed E-state index contributed by atoms with van der Waals surface area (Å²) < 4.78 is 0. The van der Waals surface area contributed by atoms with Crippen LogP contribution in [0.15, 0.2) is 24.3 Å². The number of nitrogens with zero attached hydrogens (tertiary/aromatic N) is 1. The largest absolute Gasteiger partial charge is 0.384 e. The van der Waals surface area contributed by atoms with Crippen molar-refractivity contribution < 1.29 is 19.5 Å². The van der Waals surface area contributed by atoms with Gasteiger partial charge in [0.25, 0.3) is 11.8 Å². The van der Waals surface area contributed by atoms with Crippen molar-refractivity contribution in [1.29, 1.82) is 0 Å². The third-order valence-corrected chi connectivity index (χ3v) is 3.16. The second kappa shape index (κ2) is 6.20. The Labute approximate surface area is 121 Å². The molecule has 108 valence electrons. The summed E-state index contributed by atoms with van der Waals surface area (Å²) in [6, 6.07) is 5.77. The quantitative estimate of drug-likeness (QED) is 0.568. The molecule has 1 heterocycles. The lowest BCUT2D eigenvalue weighted by Crippen LogP contribution is -2.40. The van der Waals surface area contributed by atoms with Crippen molar-refractivity contribution >= 4 is 17.7 Å². The fraction of sp³-hybridized carbons (Fsp3) is 0.267. The van der Waals surface area contributed by atoms with E-state index in [1.165, 1.54) is 7.05 Å². The first-order valence-electron chi connectivity index (χ1n) is 6.34. The summed E-state index contributed by atoms with van der Waals surface area (Å²) >= 11 is 0. The van der Waals surface area contributed by atoms with E-state index in [9.17, 15) is 14.4 Å². The summed E-state index contributed by atoms with van der Waals surface area (Å²) in [6.45, 7) is -0.309. The van der Waals surface area contributed by atoms with E-state index in [0.29, 0.717) is 11.1 Å². The molecule has 0 spiro atoms. The van der Waals surface area contributed by atoms with Crippen molar-refractivity contribution in [2.45, 2.75) is 12.5 Å². The van der Waals surface area contributed by atoms with Crippen molar-refractivity contribution in [2.24, 2.45) is 0 Å². The molecule has 0 bridgehead atoms. The van der Waals surface area contributed by atoms with E-state index >= 15 is 0 Å². The Morgan fingerprint density at radius 3 is 2.76 bits per heavy atom. The van der Waals surface area contributed by atoms with Gasteiger partial charge >= 0.3 is 0 Å². The van der Waals surface area contributed by atoms with Crippen molar-refractivity contribution in [1.82, 2.24) is 10.2 Å². The number of imide groups is 1. The first-order valence-corrected chi connectivity index (χ1v) is 6.34. The lowest BCUT2D eigenvalue weighted by atomic mass is 10.1. The predicted octanol–water partition coefficient (Wildman–Crippen LogP) is -0.483. The maximum Gasteiger partial charge on any atom is 0.253 e. The Morgan fingerprint density at radius 2 is 2.14 bits per heavy atom. The Balaban J connectivity index is 2.18. The number of hydrogen-bond donors (Lipinski definition) is 2. The lowest BCUT2D eigenvalue weighted by Gasteiger charge is -2.12. The Bertz CT molecular complexity index is 657. The summed E-state index contributed by atoms with van der Waals surface area (Å²) in [7, 11) is 1.39. The molecule has 1 aromatic rings. The second-order valence-corrected chi connectivity index (χ2v) is 4.53. The van der Waals surface area contributed by atoms with Crippen molar-refractivity contribution in [2.75, 3.05) is 13.7 Å². The Morgan fingerprint density at radius 1 is 1.43 bits per heavy atom. The number of carbonyl (C=O) groups excluding carboxylic acids is 3. The highest BCUT2D eigenvalue weighted by Gasteiger charge is 2.37. The van der Waals surface area contributed by atoms with Crippen LogP contribution in [0.5, 0.6) is 0 Å². The monoisotopic (exact) mass is 286 g/mol. The number of amides is 3. The molecular weight excluding hydrogens is 272 g/mol. The Hall–Kier alpha value is -2.65. The lowest BCUT2D eigenvalue weighted by molar-refractivity contribution is -0.137. The van der Waals surface area contributed by atoms with Crippen LogP contribution in [0, 0.1) is 11.8 Å². The summed E-state index contributed by atoms with van der Waals surface area (Å²) in [5.41, 5.74) is 0.752. The fourth-order valence-corrected chi connectivity index (χ4v) is 2.03. The van der Waals surface area contributed by atoms with Gasteiger partial charge in [0.1, 0.15) is 12.6 Å². The number of nitrogens with one attached hydrogen (secondary N) is 1. The molecule has 1 aliphatic rings. The molecule has 1 saturated heterocycles. The van der Waals surface area contributed by atoms with Crippen LogP contribution in [0.25, 0.3) is 0 Å². The van der Waals surface area contributed by atoms with Crippen LogP contribution in [0.3, 0.4) is 0 Å². The molecule has 0 aromatic heterocycles. The van der Waals surface area contributed by atoms with Crippen LogP contribution in [0.4, 0.5) is 0 Å². The summed E-state index contributed by atoms with van der Waals surface area (Å²) in [4.78, 5) is 36.4. The molecule has 6 heteroatoms. The van der Waals surface area contributed by atoms with E-state index < -0.39 is 17.9 Å². The number of aliphatic hydroxyl groups is 1. The molecule has 21 heavy (non-hydrogen) atoms. The number of hydrogen-bond acceptors (Lipinski definition) is 4. The van der Waals surface area contributed by atoms with Gasteiger partial charge in [-0.15, -0.1) is 0 Å². The second-order valence-electron chi connectivity index (χ2n) is 4.53. The maximum absolute atomic E-state index is 12.2. The molecule has 1 fully saturated rings. The molecule has 2 rings (SSSR count). The van der Waals surface area contributed by atoms with Crippen molar-refractivity contribution in [3.05, 3.63) is 35.4 Å². The molecule has 1 atom stereocenters. The first-order chi connectivity index (χ1) is 10.0. The van der Waals surface area contributed by atoms with Crippen LogP contribution in [0.2, 0.25) is 0 Å². The van der Waals surface area contributed by atoms with Crippen LogP contribution < -0.4 is 5.32 Å². The molecule has 1 unspecified atom stereocenters.